The summed E-state index contributed by atoms with van der Waals surface area (Å²) in [4.78, 5) is 0. The molecule has 4 heteroatoms. The van der Waals surface area contributed by atoms with Gasteiger partial charge in [-0.2, -0.15) is 0 Å². The maximum atomic E-state index is 8.37. The van der Waals surface area contributed by atoms with Gasteiger partial charge in [0, 0.05) is 103 Å². The van der Waals surface area contributed by atoms with Gasteiger partial charge in [-0.05, 0) is 307 Å². The van der Waals surface area contributed by atoms with Crippen LogP contribution in [-0.2, 0) is 28.2 Å². The van der Waals surface area contributed by atoms with Crippen molar-refractivity contribution in [1.29, 1.82) is 0 Å². The fourth-order valence-corrected chi connectivity index (χ4v) is 16.2. The Bertz CT molecular complexity index is 7680. The van der Waals surface area contributed by atoms with Crippen LogP contribution in [0, 0.1) is 110 Å². The molecule has 4 nitrogen and oxygen atoms in total. The summed E-state index contributed by atoms with van der Waals surface area (Å²) >= 11 is 0. The smallest absolute Gasteiger partial charge is 0.201 e. The van der Waals surface area contributed by atoms with Crippen LogP contribution in [0.15, 0.2) is 340 Å². The highest BCUT2D eigenvalue weighted by Crippen LogP contribution is 2.41. The summed E-state index contributed by atoms with van der Waals surface area (Å²) in [5, 5.41) is 0. The van der Waals surface area contributed by atoms with Gasteiger partial charge in [-0.3, -0.25) is 0 Å². The molecule has 0 radical (unpaired) electrons. The number of nitrogens with zero attached hydrogens (tertiary/aromatic N) is 4. The van der Waals surface area contributed by atoms with E-state index in [1.54, 1.807) is 73.3 Å². The average Bonchev–Trinajstić information content (AvgIpc) is 0.749. The predicted octanol–water partition coefficient (Wildman–Crippen LogP) is 28.7. The molecule has 0 unspecified atom stereocenters. The van der Waals surface area contributed by atoms with Gasteiger partial charge in [-0.15, -0.1) is 0 Å². The summed E-state index contributed by atoms with van der Waals surface area (Å²) in [5.74, 6) is 0. The van der Waals surface area contributed by atoms with Gasteiger partial charge in [0.15, 0.2) is 24.8 Å². The van der Waals surface area contributed by atoms with Crippen molar-refractivity contribution in [1.82, 2.24) is 0 Å². The van der Waals surface area contributed by atoms with Crippen LogP contribution in [-0.4, -0.2) is 0 Å². The molecule has 0 amide bonds. The van der Waals surface area contributed by atoms with Gasteiger partial charge in [-0.25, -0.2) is 18.3 Å². The van der Waals surface area contributed by atoms with Crippen molar-refractivity contribution >= 4 is 0 Å². The molecule has 0 aliphatic carbocycles. The number of hydrogen-bond acceptors (Lipinski definition) is 0. The van der Waals surface area contributed by atoms with E-state index >= 15 is 0 Å². The number of pyridine rings is 4. The number of hydrogen-bond donors (Lipinski definition) is 0. The Morgan fingerprint density at radius 1 is 0.180 bits per heavy atom. The summed E-state index contributed by atoms with van der Waals surface area (Å²) in [7, 11) is 7.66. The van der Waals surface area contributed by atoms with Crippen molar-refractivity contribution in [3.8, 4) is 145 Å². The molecule has 0 bridgehead atoms. The second-order valence-electron chi connectivity index (χ2n) is 31.5. The Morgan fingerprint density at radius 2 is 0.508 bits per heavy atom. The van der Waals surface area contributed by atoms with E-state index in [2.05, 4.69) is 66.4 Å². The summed E-state index contributed by atoms with van der Waals surface area (Å²) < 4.78 is 204. The average molecular weight is 1610 g/mol. The fourth-order valence-electron chi connectivity index (χ4n) is 16.2. The molecule has 17 aromatic rings. The van der Waals surface area contributed by atoms with Crippen LogP contribution in [0.3, 0.4) is 0 Å². The Labute approximate surface area is 760 Å². The lowest BCUT2D eigenvalue weighted by atomic mass is 9.89. The maximum absolute atomic E-state index is 8.37. The normalized spacial score (nSPS) is 14.7. The highest BCUT2D eigenvalue weighted by Gasteiger charge is 2.24. The largest absolute Gasteiger partial charge is 0.213 e. The second kappa shape index (κ2) is 37.4. The number of benzene rings is 13. The van der Waals surface area contributed by atoms with E-state index in [0.717, 1.165) is 139 Å². The zero-order valence-corrected chi connectivity index (χ0v) is 71.1. The van der Waals surface area contributed by atoms with Crippen LogP contribution in [0.25, 0.3) is 145 Å². The number of aryl methyl sites for hydroxylation is 16. The summed E-state index contributed by atoms with van der Waals surface area (Å²) in [6.45, 7) is -3.33. The summed E-state index contributed by atoms with van der Waals surface area (Å²) in [5.41, 5.74) is 29.5. The Kier molecular flexibility index (Phi) is 18.1. The molecule has 0 atom stereocenters. The molecule has 0 saturated heterocycles. The van der Waals surface area contributed by atoms with E-state index in [1.807, 2.05) is 278 Å². The third-order valence-electron chi connectivity index (χ3n) is 23.0. The first-order valence-electron chi connectivity index (χ1n) is 52.8. The van der Waals surface area contributed by atoms with Gasteiger partial charge in [0.05, 0.1) is 0 Å². The van der Waals surface area contributed by atoms with E-state index in [1.165, 1.54) is 35.5 Å². The molecule has 13 aromatic carbocycles. The first-order chi connectivity index (χ1) is 68.5. The second-order valence-corrected chi connectivity index (χ2v) is 31.5. The zero-order valence-electron chi connectivity index (χ0n) is 95.1. The molecule has 4 heterocycles. The van der Waals surface area contributed by atoms with E-state index in [4.69, 9.17) is 32.9 Å². The van der Waals surface area contributed by atoms with Crippen LogP contribution in [0.4, 0.5) is 0 Å². The minimum Gasteiger partial charge on any atom is -0.201 e. The lowest BCUT2D eigenvalue weighted by molar-refractivity contribution is -0.660. The van der Waals surface area contributed by atoms with Gasteiger partial charge in [0.25, 0.3) is 0 Å². The van der Waals surface area contributed by atoms with Crippen molar-refractivity contribution in [3.63, 3.8) is 0 Å². The molecule has 122 heavy (non-hydrogen) atoms. The number of aromatic nitrogens is 4. The Balaban J connectivity index is 0.000000156. The van der Waals surface area contributed by atoms with Gasteiger partial charge in [-0.1, -0.05) is 259 Å². The lowest BCUT2D eigenvalue weighted by Crippen LogP contribution is -2.31. The Morgan fingerprint density at radius 3 is 0.943 bits per heavy atom. The van der Waals surface area contributed by atoms with Gasteiger partial charge in [0.1, 0.15) is 28.2 Å². The zero-order chi connectivity index (χ0) is 106. The van der Waals surface area contributed by atoms with Crippen molar-refractivity contribution < 1.29 is 51.2 Å². The highest BCUT2D eigenvalue weighted by atomic mass is 14.9. The lowest BCUT2D eigenvalue weighted by Gasteiger charge is -2.15. The quantitative estimate of drug-likeness (QED) is 0.102. The Hall–Kier alpha value is -13.5. The van der Waals surface area contributed by atoms with Crippen LogP contribution in [0.2, 0.25) is 0 Å². The molecular weight excluding hydrogens is 1470 g/mol. The van der Waals surface area contributed by atoms with Gasteiger partial charge >= 0.3 is 0 Å². The van der Waals surface area contributed by atoms with E-state index in [0.29, 0.717) is 44.6 Å². The summed E-state index contributed by atoms with van der Waals surface area (Å²) in [6.07, 6.45) is 7.39. The molecule has 0 N–H and O–H groups in total. The minimum atomic E-state index is -2.51. The molecule has 0 fully saturated rings. The van der Waals surface area contributed by atoms with Crippen molar-refractivity contribution in [2.45, 2.75) is 110 Å². The van der Waals surface area contributed by atoms with Crippen LogP contribution in [0.1, 0.15) is 122 Å². The molecule has 0 saturated carbocycles. The van der Waals surface area contributed by atoms with E-state index in [9.17, 15) is 0 Å². The van der Waals surface area contributed by atoms with Crippen molar-refractivity contribution in [3.05, 3.63) is 429 Å². The van der Waals surface area contributed by atoms with Gasteiger partial charge in [0.2, 0.25) is 22.8 Å². The van der Waals surface area contributed by atoms with E-state index < -0.39 is 54.8 Å². The predicted molar refractivity (Wildman–Crippen MR) is 517 cm³/mol. The van der Waals surface area contributed by atoms with E-state index in [-0.39, 0.29) is 38.9 Å². The molecule has 4 aromatic heterocycles. The highest BCUT2D eigenvalue weighted by molar-refractivity contribution is 5.86. The first-order valence-corrected chi connectivity index (χ1v) is 40.8. The third-order valence-corrected chi connectivity index (χ3v) is 23.0. The SMILES string of the molecule is [2H]C([2H])([2H])c1cc(-c2ccc(C)cc2)ccc1-c1cccc(-c2cccc[n+]2C)c1C.[2H]C([2H])([2H])c1cc(-c2ccccc2)ccc1-c1cccc(-c2cc(C)cc[n+]2C)c1C.[2H]C([2H])([2H])c1cc(C)ccc1-c1cc(-c2cccc(-c3ccc(-c4ccccc4)cc3C([2H])([2H])[2H])c2C)[n+](C)cc1C([2H])([2H])[2H].[2H]C([2H])([2H])c1cc(C)ccc1-c1cccc(-c2cc(-c3c(C([2H])([2H])[2H])cccc3C([2H])([2H])[2H])cc[n+]2C)c1C. The standard InChI is InChI=1S/C35H34N.C29H30N.2C27H26N/c1-23-15-17-31(24(2)19-23)34-21-35(36(6)22-26(34)4)33-14-10-13-32(27(33)5)30-18-16-29(20-25(30)3)28-11-8-7-9-12-28;1-19-13-14-25(22(4)17-19)26-11-8-12-27(23(26)5)28-18-24(15-16-30(28)6)29-20(2)9-7-10-21(29)3;1-19-11-13-22(14-12-19)23-15-16-24(20(2)18-23)25-8-7-9-26(21(25)3)27-10-5-6-17-28(27)4;1-19-15-16-28(4)27(17-19)26-12-8-11-25(21(26)3)24-14-13-23(18-20(24)2)22-9-6-5-7-10-22/h7-22H,1-6H3;7-18H,1-6H3;2*5-18H,1-4H3/q4*+1/i2*2D3,3D3,4D3;2*2D3. The fraction of sp³-hybridized carbons (Fsp3) is 0.169. The van der Waals surface area contributed by atoms with Crippen molar-refractivity contribution in [2.75, 3.05) is 0 Å². The molecule has 0 aliphatic heterocycles. The first kappa shape index (κ1) is 59.2. The molecular formula is C118H116N4+4. The van der Waals surface area contributed by atoms with Crippen LogP contribution in [0.5, 0.6) is 0 Å². The minimum absolute atomic E-state index is 0.0247. The summed E-state index contributed by atoms with van der Waals surface area (Å²) in [6, 6.07) is 98.7. The van der Waals surface area contributed by atoms with Crippen molar-refractivity contribution in [2.24, 2.45) is 28.2 Å². The molecule has 604 valence electrons. The molecule has 17 rings (SSSR count). The molecule has 0 spiro atoms. The van der Waals surface area contributed by atoms with Crippen LogP contribution >= 0.6 is 0 Å². The number of rotatable bonds is 13. The molecule has 0 aliphatic rings. The monoisotopic (exact) mass is 1610 g/mol. The van der Waals surface area contributed by atoms with Gasteiger partial charge < -0.3 is 0 Å². The maximum Gasteiger partial charge on any atom is 0.213 e. The van der Waals surface area contributed by atoms with Crippen LogP contribution < -0.4 is 18.3 Å². The topological polar surface area (TPSA) is 15.5 Å². The third kappa shape index (κ3) is 18.6.